The normalized spacial score (nSPS) is 28.1. The molecule has 1 aliphatic rings. The number of nitrogens with two attached hydrogens (primary N) is 1. The van der Waals surface area contributed by atoms with E-state index in [1.165, 1.54) is 12.1 Å². The maximum absolute atomic E-state index is 13.4. The molecule has 2 unspecified atom stereocenters. The third kappa shape index (κ3) is 3.43. The van der Waals surface area contributed by atoms with Crippen molar-refractivity contribution in [2.45, 2.75) is 51.5 Å². The van der Waals surface area contributed by atoms with Crippen LogP contribution < -0.4 is 10.5 Å². The molecule has 1 saturated heterocycles. The Morgan fingerprint density at radius 3 is 2.56 bits per heavy atom. The molecule has 1 heterocycles. The molecule has 2 atom stereocenters. The number of benzene rings is 1. The Morgan fingerprint density at radius 1 is 1.28 bits per heavy atom. The quantitative estimate of drug-likeness (QED) is 0.900. The fraction of sp³-hybridized carbons (Fsp3) is 0.571. The minimum Gasteiger partial charge on any atom is -0.490 e. The van der Waals surface area contributed by atoms with Gasteiger partial charge in [-0.05, 0) is 31.5 Å². The van der Waals surface area contributed by atoms with E-state index >= 15 is 0 Å². The average molecular weight is 253 g/mol. The summed E-state index contributed by atoms with van der Waals surface area (Å²) < 4.78 is 24.9. The van der Waals surface area contributed by atoms with Crippen LogP contribution in [0.5, 0.6) is 5.75 Å². The van der Waals surface area contributed by atoms with Crippen LogP contribution in [-0.2, 0) is 11.3 Å². The van der Waals surface area contributed by atoms with Crippen molar-refractivity contribution in [2.24, 2.45) is 5.73 Å². The molecular formula is C14H20FNO2. The molecule has 0 saturated carbocycles. The molecule has 0 spiro atoms. The Labute approximate surface area is 107 Å². The molecular weight excluding hydrogens is 233 g/mol. The standard InChI is InChI=1S/C14H20FNO2/c1-9-3-13(4-10(2)17-9)18-14-6-11(8-16)5-12(15)7-14/h5-7,9-10,13H,3-4,8,16H2,1-2H3. The average Bonchev–Trinajstić information content (AvgIpc) is 2.26. The van der Waals surface area contributed by atoms with E-state index in [0.29, 0.717) is 12.3 Å². The highest BCUT2D eigenvalue weighted by atomic mass is 19.1. The van der Waals surface area contributed by atoms with Crippen LogP contribution in [0.4, 0.5) is 4.39 Å². The van der Waals surface area contributed by atoms with Crippen molar-refractivity contribution >= 4 is 0 Å². The molecule has 1 aliphatic heterocycles. The second kappa shape index (κ2) is 5.67. The zero-order chi connectivity index (χ0) is 13.1. The van der Waals surface area contributed by atoms with Crippen LogP contribution in [0.25, 0.3) is 0 Å². The van der Waals surface area contributed by atoms with Gasteiger partial charge in [-0.1, -0.05) is 0 Å². The first kappa shape index (κ1) is 13.3. The van der Waals surface area contributed by atoms with Crippen LogP contribution in [0.15, 0.2) is 18.2 Å². The summed E-state index contributed by atoms with van der Waals surface area (Å²) in [6.45, 7) is 4.38. The van der Waals surface area contributed by atoms with Crippen molar-refractivity contribution in [3.05, 3.63) is 29.6 Å². The van der Waals surface area contributed by atoms with Crippen LogP contribution >= 0.6 is 0 Å². The molecule has 18 heavy (non-hydrogen) atoms. The number of hydrogen-bond acceptors (Lipinski definition) is 3. The summed E-state index contributed by atoms with van der Waals surface area (Å²) in [6.07, 6.45) is 2.11. The SMILES string of the molecule is CC1CC(Oc2cc(F)cc(CN)c2)CC(C)O1. The van der Waals surface area contributed by atoms with E-state index in [-0.39, 0.29) is 24.1 Å². The van der Waals surface area contributed by atoms with Crippen molar-refractivity contribution < 1.29 is 13.9 Å². The van der Waals surface area contributed by atoms with Gasteiger partial charge in [0, 0.05) is 25.5 Å². The van der Waals surface area contributed by atoms with Crippen LogP contribution in [0.3, 0.4) is 0 Å². The lowest BCUT2D eigenvalue weighted by Gasteiger charge is -2.32. The van der Waals surface area contributed by atoms with Crippen molar-refractivity contribution in [3.63, 3.8) is 0 Å². The molecule has 1 aromatic rings. The molecule has 2 N–H and O–H groups in total. The van der Waals surface area contributed by atoms with Gasteiger partial charge in [0.2, 0.25) is 0 Å². The largest absolute Gasteiger partial charge is 0.490 e. The number of hydrogen-bond donors (Lipinski definition) is 1. The van der Waals surface area contributed by atoms with Crippen LogP contribution in [-0.4, -0.2) is 18.3 Å². The van der Waals surface area contributed by atoms with E-state index in [0.717, 1.165) is 18.4 Å². The molecule has 0 amide bonds. The van der Waals surface area contributed by atoms with Gasteiger partial charge in [-0.15, -0.1) is 0 Å². The Balaban J connectivity index is 2.06. The van der Waals surface area contributed by atoms with E-state index in [9.17, 15) is 4.39 Å². The first-order chi connectivity index (χ1) is 8.56. The number of ether oxygens (including phenoxy) is 2. The summed E-state index contributed by atoms with van der Waals surface area (Å²) in [5.74, 6) is 0.253. The van der Waals surface area contributed by atoms with Crippen LogP contribution in [0, 0.1) is 5.82 Å². The lowest BCUT2D eigenvalue weighted by molar-refractivity contribution is -0.0721. The van der Waals surface area contributed by atoms with Gasteiger partial charge in [0.1, 0.15) is 17.7 Å². The third-order valence-corrected chi connectivity index (χ3v) is 3.12. The number of halogens is 1. The van der Waals surface area contributed by atoms with Gasteiger partial charge in [0.15, 0.2) is 0 Å². The predicted molar refractivity (Wildman–Crippen MR) is 68.0 cm³/mol. The minimum atomic E-state index is -0.305. The summed E-state index contributed by atoms with van der Waals surface area (Å²) in [6, 6.07) is 4.64. The maximum atomic E-state index is 13.4. The highest BCUT2D eigenvalue weighted by Gasteiger charge is 2.25. The summed E-state index contributed by atoms with van der Waals surface area (Å²) in [5.41, 5.74) is 6.27. The number of rotatable bonds is 3. The molecule has 4 heteroatoms. The zero-order valence-electron chi connectivity index (χ0n) is 10.9. The Kier molecular flexibility index (Phi) is 4.19. The lowest BCUT2D eigenvalue weighted by atomic mass is 10.0. The third-order valence-electron chi connectivity index (χ3n) is 3.12. The van der Waals surface area contributed by atoms with Gasteiger partial charge in [-0.3, -0.25) is 0 Å². The molecule has 100 valence electrons. The maximum Gasteiger partial charge on any atom is 0.127 e. The summed E-state index contributed by atoms with van der Waals surface area (Å²) in [5, 5.41) is 0. The van der Waals surface area contributed by atoms with E-state index in [4.69, 9.17) is 15.2 Å². The molecule has 1 fully saturated rings. The molecule has 1 aromatic carbocycles. The Hall–Kier alpha value is -1.13. The van der Waals surface area contributed by atoms with Gasteiger partial charge in [0.25, 0.3) is 0 Å². The fourth-order valence-corrected chi connectivity index (χ4v) is 2.44. The monoisotopic (exact) mass is 253 g/mol. The van der Waals surface area contributed by atoms with Crippen molar-refractivity contribution in [3.8, 4) is 5.75 Å². The Bertz CT molecular complexity index is 401. The van der Waals surface area contributed by atoms with Crippen molar-refractivity contribution in [2.75, 3.05) is 0 Å². The molecule has 2 rings (SSSR count). The molecule has 0 bridgehead atoms. The van der Waals surface area contributed by atoms with Crippen molar-refractivity contribution in [1.29, 1.82) is 0 Å². The minimum absolute atomic E-state index is 0.0798. The zero-order valence-corrected chi connectivity index (χ0v) is 10.9. The summed E-state index contributed by atoms with van der Waals surface area (Å²) in [7, 11) is 0. The fourth-order valence-electron chi connectivity index (χ4n) is 2.44. The van der Waals surface area contributed by atoms with Crippen LogP contribution in [0.2, 0.25) is 0 Å². The van der Waals surface area contributed by atoms with Gasteiger partial charge in [-0.25, -0.2) is 4.39 Å². The smallest absolute Gasteiger partial charge is 0.127 e. The first-order valence-corrected chi connectivity index (χ1v) is 6.38. The second-order valence-corrected chi connectivity index (χ2v) is 4.97. The van der Waals surface area contributed by atoms with Crippen LogP contribution in [0.1, 0.15) is 32.3 Å². The molecule has 0 radical (unpaired) electrons. The van der Waals surface area contributed by atoms with Crippen molar-refractivity contribution in [1.82, 2.24) is 0 Å². The van der Waals surface area contributed by atoms with E-state index in [1.54, 1.807) is 6.07 Å². The topological polar surface area (TPSA) is 44.5 Å². The molecule has 0 aliphatic carbocycles. The molecule has 3 nitrogen and oxygen atoms in total. The van der Waals surface area contributed by atoms with Gasteiger partial charge in [0.05, 0.1) is 12.2 Å². The van der Waals surface area contributed by atoms with E-state index in [1.807, 2.05) is 13.8 Å². The van der Waals surface area contributed by atoms with Gasteiger partial charge >= 0.3 is 0 Å². The summed E-state index contributed by atoms with van der Waals surface area (Å²) >= 11 is 0. The lowest BCUT2D eigenvalue weighted by Crippen LogP contribution is -2.35. The second-order valence-electron chi connectivity index (χ2n) is 4.97. The Morgan fingerprint density at radius 2 is 1.94 bits per heavy atom. The predicted octanol–water partition coefficient (Wildman–Crippen LogP) is 2.62. The molecule has 0 aromatic heterocycles. The van der Waals surface area contributed by atoms with Gasteiger partial charge in [-0.2, -0.15) is 0 Å². The van der Waals surface area contributed by atoms with E-state index in [2.05, 4.69) is 0 Å². The first-order valence-electron chi connectivity index (χ1n) is 6.38. The summed E-state index contributed by atoms with van der Waals surface area (Å²) in [4.78, 5) is 0. The van der Waals surface area contributed by atoms with Gasteiger partial charge < -0.3 is 15.2 Å². The highest BCUT2D eigenvalue weighted by molar-refractivity contribution is 5.29. The van der Waals surface area contributed by atoms with E-state index < -0.39 is 0 Å². The highest BCUT2D eigenvalue weighted by Crippen LogP contribution is 2.25.